The summed E-state index contributed by atoms with van der Waals surface area (Å²) < 4.78 is 0. The maximum Gasteiger partial charge on any atom is 0.226 e. The Morgan fingerprint density at radius 2 is 2.15 bits per heavy atom. The molecule has 0 radical (unpaired) electrons. The number of amides is 1. The number of hydrogen-bond acceptors (Lipinski definition) is 2. The van der Waals surface area contributed by atoms with E-state index in [0.717, 1.165) is 12.5 Å². The van der Waals surface area contributed by atoms with Crippen LogP contribution in [0.15, 0.2) is 0 Å². The summed E-state index contributed by atoms with van der Waals surface area (Å²) in [7, 11) is 0. The summed E-state index contributed by atoms with van der Waals surface area (Å²) in [5.74, 6) is 0.805. The maximum atomic E-state index is 11.5. The van der Waals surface area contributed by atoms with E-state index in [1.165, 1.54) is 19.3 Å². The Morgan fingerprint density at radius 3 is 2.54 bits per heavy atom. The third-order valence-corrected chi connectivity index (χ3v) is 2.90. The summed E-state index contributed by atoms with van der Waals surface area (Å²) in [5.41, 5.74) is 5.09. The van der Waals surface area contributed by atoms with Gasteiger partial charge in [0.05, 0.1) is 5.41 Å². The molecule has 0 unspecified atom stereocenters. The zero-order valence-electron chi connectivity index (χ0n) is 8.60. The average Bonchev–Trinajstić information content (AvgIpc) is 2.01. The van der Waals surface area contributed by atoms with Gasteiger partial charge in [-0.25, -0.2) is 0 Å². The van der Waals surface area contributed by atoms with Gasteiger partial charge in [0, 0.05) is 13.1 Å². The van der Waals surface area contributed by atoms with Crippen LogP contribution in [0.5, 0.6) is 0 Å². The molecule has 1 amide bonds. The van der Waals surface area contributed by atoms with Gasteiger partial charge in [0.2, 0.25) is 5.91 Å². The van der Waals surface area contributed by atoms with Crippen LogP contribution in [0.1, 0.15) is 33.1 Å². The molecule has 1 rings (SSSR count). The van der Waals surface area contributed by atoms with Crippen molar-refractivity contribution < 1.29 is 4.79 Å². The molecule has 0 aromatic rings. The van der Waals surface area contributed by atoms with Crippen LogP contribution in [-0.4, -0.2) is 19.0 Å². The molecule has 76 valence electrons. The number of nitrogens with one attached hydrogen (secondary N) is 1. The third-order valence-electron chi connectivity index (χ3n) is 2.90. The Hall–Kier alpha value is -0.570. The van der Waals surface area contributed by atoms with Gasteiger partial charge in [0.15, 0.2) is 0 Å². The van der Waals surface area contributed by atoms with Crippen LogP contribution >= 0.6 is 0 Å². The van der Waals surface area contributed by atoms with E-state index in [2.05, 4.69) is 5.32 Å². The molecule has 0 bridgehead atoms. The predicted molar refractivity (Wildman–Crippen MR) is 53.2 cm³/mol. The second kappa shape index (κ2) is 4.09. The fraction of sp³-hybridized carbons (Fsp3) is 0.900. The Kier molecular flexibility index (Phi) is 3.31. The van der Waals surface area contributed by atoms with Crippen molar-refractivity contribution in [3.8, 4) is 0 Å². The Labute approximate surface area is 80.1 Å². The van der Waals surface area contributed by atoms with E-state index in [1.54, 1.807) is 0 Å². The molecule has 1 aliphatic carbocycles. The van der Waals surface area contributed by atoms with Crippen LogP contribution in [0.25, 0.3) is 0 Å². The van der Waals surface area contributed by atoms with Crippen molar-refractivity contribution in [1.82, 2.24) is 5.32 Å². The van der Waals surface area contributed by atoms with Gasteiger partial charge in [-0.05, 0) is 32.6 Å². The average molecular weight is 184 g/mol. The lowest BCUT2D eigenvalue weighted by Crippen LogP contribution is -2.44. The fourth-order valence-corrected chi connectivity index (χ4v) is 1.27. The first-order valence-corrected chi connectivity index (χ1v) is 5.04. The van der Waals surface area contributed by atoms with E-state index >= 15 is 0 Å². The van der Waals surface area contributed by atoms with Crippen LogP contribution in [-0.2, 0) is 4.79 Å². The first-order chi connectivity index (χ1) is 6.06. The van der Waals surface area contributed by atoms with Gasteiger partial charge in [-0.3, -0.25) is 4.79 Å². The highest BCUT2D eigenvalue weighted by atomic mass is 16.2. The standard InChI is InChI=1S/C10H20N2O/c1-10(2,7-11)9(13)12-6-8-4-3-5-8/h8H,3-7,11H2,1-2H3,(H,12,13). The highest BCUT2D eigenvalue weighted by Crippen LogP contribution is 2.25. The molecule has 3 nitrogen and oxygen atoms in total. The highest BCUT2D eigenvalue weighted by Gasteiger charge is 2.27. The normalized spacial score (nSPS) is 18.1. The molecule has 1 aliphatic rings. The Morgan fingerprint density at radius 1 is 1.54 bits per heavy atom. The number of rotatable bonds is 4. The number of carbonyl (C=O) groups excluding carboxylic acids is 1. The van der Waals surface area contributed by atoms with Crippen molar-refractivity contribution in [2.24, 2.45) is 17.1 Å². The largest absolute Gasteiger partial charge is 0.355 e. The Balaban J connectivity index is 2.23. The summed E-state index contributed by atoms with van der Waals surface area (Å²) >= 11 is 0. The lowest BCUT2D eigenvalue weighted by atomic mass is 9.85. The van der Waals surface area contributed by atoms with Crippen molar-refractivity contribution in [2.45, 2.75) is 33.1 Å². The molecule has 3 N–H and O–H groups in total. The van der Waals surface area contributed by atoms with Crippen molar-refractivity contribution in [3.05, 3.63) is 0 Å². The van der Waals surface area contributed by atoms with E-state index in [1.807, 2.05) is 13.8 Å². The van der Waals surface area contributed by atoms with E-state index in [4.69, 9.17) is 5.73 Å². The van der Waals surface area contributed by atoms with Gasteiger partial charge in [-0.15, -0.1) is 0 Å². The summed E-state index contributed by atoms with van der Waals surface area (Å²) in [4.78, 5) is 11.5. The predicted octanol–water partition coefficient (Wildman–Crippen LogP) is 0.888. The summed E-state index contributed by atoms with van der Waals surface area (Å²) in [6.07, 6.45) is 3.85. The van der Waals surface area contributed by atoms with Gasteiger partial charge >= 0.3 is 0 Å². The lowest BCUT2D eigenvalue weighted by molar-refractivity contribution is -0.129. The molecule has 0 saturated heterocycles. The van der Waals surface area contributed by atoms with Crippen molar-refractivity contribution in [1.29, 1.82) is 0 Å². The van der Waals surface area contributed by atoms with Crippen molar-refractivity contribution in [2.75, 3.05) is 13.1 Å². The lowest BCUT2D eigenvalue weighted by Gasteiger charge is -2.28. The molecule has 1 fully saturated rings. The van der Waals surface area contributed by atoms with Crippen LogP contribution in [0, 0.1) is 11.3 Å². The van der Waals surface area contributed by atoms with E-state index in [9.17, 15) is 4.79 Å². The van der Waals surface area contributed by atoms with E-state index in [0.29, 0.717) is 6.54 Å². The third kappa shape index (κ3) is 2.69. The molecule has 0 atom stereocenters. The van der Waals surface area contributed by atoms with E-state index < -0.39 is 5.41 Å². The molecular formula is C10H20N2O. The molecule has 0 heterocycles. The molecule has 0 aromatic heterocycles. The van der Waals surface area contributed by atoms with Gasteiger partial charge in [0.25, 0.3) is 0 Å². The second-order valence-corrected chi connectivity index (χ2v) is 4.59. The van der Waals surface area contributed by atoms with E-state index in [-0.39, 0.29) is 5.91 Å². The van der Waals surface area contributed by atoms with Gasteiger partial charge in [-0.2, -0.15) is 0 Å². The van der Waals surface area contributed by atoms with Gasteiger partial charge in [0.1, 0.15) is 0 Å². The monoisotopic (exact) mass is 184 g/mol. The molecule has 3 heteroatoms. The minimum absolute atomic E-state index is 0.0851. The molecule has 13 heavy (non-hydrogen) atoms. The minimum atomic E-state index is -0.413. The van der Waals surface area contributed by atoms with Crippen LogP contribution in [0.3, 0.4) is 0 Å². The van der Waals surface area contributed by atoms with Crippen LogP contribution < -0.4 is 11.1 Å². The fourth-order valence-electron chi connectivity index (χ4n) is 1.27. The second-order valence-electron chi connectivity index (χ2n) is 4.59. The summed E-state index contributed by atoms with van der Waals surface area (Å²) in [6, 6.07) is 0. The zero-order valence-corrected chi connectivity index (χ0v) is 8.60. The quantitative estimate of drug-likeness (QED) is 0.681. The van der Waals surface area contributed by atoms with Gasteiger partial charge in [-0.1, -0.05) is 6.42 Å². The van der Waals surface area contributed by atoms with Gasteiger partial charge < -0.3 is 11.1 Å². The first-order valence-electron chi connectivity index (χ1n) is 5.04. The topological polar surface area (TPSA) is 55.1 Å². The molecule has 0 aromatic carbocycles. The number of hydrogen-bond donors (Lipinski definition) is 2. The first kappa shape index (κ1) is 10.5. The highest BCUT2D eigenvalue weighted by molar-refractivity contribution is 5.82. The smallest absolute Gasteiger partial charge is 0.226 e. The summed E-state index contributed by atoms with van der Waals surface area (Å²) in [6.45, 7) is 5.00. The molecule has 0 aliphatic heterocycles. The molecular weight excluding hydrogens is 164 g/mol. The van der Waals surface area contributed by atoms with Crippen LogP contribution in [0.2, 0.25) is 0 Å². The SMILES string of the molecule is CC(C)(CN)C(=O)NCC1CCC1. The molecule has 0 spiro atoms. The number of carbonyl (C=O) groups is 1. The zero-order chi connectivity index (χ0) is 9.90. The van der Waals surface area contributed by atoms with Crippen LogP contribution in [0.4, 0.5) is 0 Å². The number of nitrogens with two attached hydrogens (primary N) is 1. The van der Waals surface area contributed by atoms with Crippen molar-refractivity contribution >= 4 is 5.91 Å². The maximum absolute atomic E-state index is 11.5. The molecule has 1 saturated carbocycles. The Bertz CT molecular complexity index is 185. The minimum Gasteiger partial charge on any atom is -0.355 e. The van der Waals surface area contributed by atoms with Crippen molar-refractivity contribution in [3.63, 3.8) is 0 Å². The summed E-state index contributed by atoms with van der Waals surface area (Å²) in [5, 5.41) is 2.96.